The van der Waals surface area contributed by atoms with Crippen molar-refractivity contribution in [1.29, 1.82) is 0 Å². The van der Waals surface area contributed by atoms with Gasteiger partial charge < -0.3 is 5.11 Å². The molecule has 1 N–H and O–H groups in total. The maximum atomic E-state index is 10.8. The van der Waals surface area contributed by atoms with Gasteiger partial charge in [-0.05, 0) is 6.92 Å². The molecule has 72 valence electrons. The van der Waals surface area contributed by atoms with Gasteiger partial charge in [0.25, 0.3) is 0 Å². The van der Waals surface area contributed by atoms with E-state index in [1.54, 1.807) is 14.0 Å². The van der Waals surface area contributed by atoms with Crippen molar-refractivity contribution in [2.75, 3.05) is 0 Å². The van der Waals surface area contributed by atoms with Crippen molar-refractivity contribution in [2.45, 2.75) is 6.92 Å². The molecular weight excluding hydrogens is 184 g/mol. The van der Waals surface area contributed by atoms with Crippen LogP contribution in [0.25, 0.3) is 11.0 Å². The quantitative estimate of drug-likeness (QED) is 0.705. The van der Waals surface area contributed by atoms with Crippen molar-refractivity contribution in [3.8, 4) is 0 Å². The Morgan fingerprint density at radius 2 is 2.21 bits per heavy atom. The lowest BCUT2D eigenvalue weighted by Crippen LogP contribution is -2.05. The average molecular weight is 192 g/mol. The van der Waals surface area contributed by atoms with Gasteiger partial charge in [-0.2, -0.15) is 5.10 Å². The first-order valence-electron chi connectivity index (χ1n) is 3.99. The molecule has 0 radical (unpaired) electrons. The lowest BCUT2D eigenvalue weighted by atomic mass is 10.3. The van der Waals surface area contributed by atoms with Gasteiger partial charge in [-0.3, -0.25) is 4.68 Å². The molecule has 0 aliphatic heterocycles. The van der Waals surface area contributed by atoms with Gasteiger partial charge in [0.15, 0.2) is 11.3 Å². The van der Waals surface area contributed by atoms with Crippen LogP contribution in [0.4, 0.5) is 0 Å². The van der Waals surface area contributed by atoms with Gasteiger partial charge in [0.1, 0.15) is 5.82 Å². The molecule has 0 unspecified atom stereocenters. The molecule has 2 rings (SSSR count). The molecule has 6 nitrogen and oxygen atoms in total. The molecule has 0 saturated heterocycles. The Labute approximate surface area is 79.2 Å². The van der Waals surface area contributed by atoms with E-state index in [0.717, 1.165) is 0 Å². The van der Waals surface area contributed by atoms with Gasteiger partial charge >= 0.3 is 5.97 Å². The second-order valence-electron chi connectivity index (χ2n) is 2.93. The lowest BCUT2D eigenvalue weighted by molar-refractivity contribution is 0.0692. The van der Waals surface area contributed by atoms with Crippen molar-refractivity contribution in [3.05, 3.63) is 17.7 Å². The number of aryl methyl sites for hydroxylation is 2. The zero-order valence-electron chi connectivity index (χ0n) is 7.72. The SMILES string of the molecule is Cc1nc(C(=O)O)c2cnn(C)c2n1. The monoisotopic (exact) mass is 192 g/mol. The minimum absolute atomic E-state index is 0.000556. The Morgan fingerprint density at radius 1 is 1.50 bits per heavy atom. The van der Waals surface area contributed by atoms with Crippen LogP contribution >= 0.6 is 0 Å². The van der Waals surface area contributed by atoms with E-state index in [-0.39, 0.29) is 5.69 Å². The summed E-state index contributed by atoms with van der Waals surface area (Å²) < 4.78 is 1.52. The minimum atomic E-state index is -1.06. The molecule has 0 aliphatic rings. The normalized spacial score (nSPS) is 10.7. The first-order valence-corrected chi connectivity index (χ1v) is 3.99. The summed E-state index contributed by atoms with van der Waals surface area (Å²) in [5.41, 5.74) is 0.538. The van der Waals surface area contributed by atoms with Crippen LogP contribution in [0.1, 0.15) is 16.3 Å². The molecular formula is C8H8N4O2. The third-order valence-electron chi connectivity index (χ3n) is 1.91. The van der Waals surface area contributed by atoms with E-state index >= 15 is 0 Å². The zero-order valence-corrected chi connectivity index (χ0v) is 7.72. The van der Waals surface area contributed by atoms with E-state index in [1.165, 1.54) is 10.9 Å². The number of aromatic nitrogens is 4. The van der Waals surface area contributed by atoms with Crippen LogP contribution in [0.5, 0.6) is 0 Å². The molecule has 0 saturated carbocycles. The summed E-state index contributed by atoms with van der Waals surface area (Å²) in [6.45, 7) is 1.65. The standard InChI is InChI=1S/C8H8N4O2/c1-4-10-6(8(13)14)5-3-9-12(2)7(5)11-4/h3H,1-2H3,(H,13,14). The summed E-state index contributed by atoms with van der Waals surface area (Å²) in [4.78, 5) is 18.8. The summed E-state index contributed by atoms with van der Waals surface area (Å²) in [5, 5.41) is 13.3. The number of carboxylic acid groups (broad SMARTS) is 1. The Morgan fingerprint density at radius 3 is 2.86 bits per heavy atom. The molecule has 0 aromatic carbocycles. The maximum Gasteiger partial charge on any atom is 0.355 e. The van der Waals surface area contributed by atoms with E-state index in [4.69, 9.17) is 5.11 Å². The summed E-state index contributed by atoms with van der Waals surface area (Å²) in [5.74, 6) is -0.632. The van der Waals surface area contributed by atoms with Crippen molar-refractivity contribution in [3.63, 3.8) is 0 Å². The minimum Gasteiger partial charge on any atom is -0.476 e. The van der Waals surface area contributed by atoms with Crippen LogP contribution in [0.3, 0.4) is 0 Å². The van der Waals surface area contributed by atoms with Crippen molar-refractivity contribution < 1.29 is 9.90 Å². The third kappa shape index (κ3) is 1.12. The first-order chi connectivity index (χ1) is 6.59. The van der Waals surface area contributed by atoms with Gasteiger partial charge in [0.2, 0.25) is 0 Å². The van der Waals surface area contributed by atoms with Gasteiger partial charge in [0, 0.05) is 7.05 Å². The van der Waals surface area contributed by atoms with Gasteiger partial charge in [-0.1, -0.05) is 0 Å². The Hall–Kier alpha value is -1.98. The zero-order chi connectivity index (χ0) is 10.3. The molecule has 2 aromatic heterocycles. The van der Waals surface area contributed by atoms with Gasteiger partial charge in [0.05, 0.1) is 11.6 Å². The van der Waals surface area contributed by atoms with Crippen LogP contribution in [0, 0.1) is 6.92 Å². The highest BCUT2D eigenvalue weighted by Crippen LogP contribution is 2.14. The number of carboxylic acids is 1. The highest BCUT2D eigenvalue weighted by Gasteiger charge is 2.14. The number of nitrogens with zero attached hydrogens (tertiary/aromatic N) is 4. The molecule has 0 spiro atoms. The van der Waals surface area contributed by atoms with E-state index in [1.807, 2.05) is 0 Å². The number of rotatable bonds is 1. The predicted molar refractivity (Wildman–Crippen MR) is 48.0 cm³/mol. The second kappa shape index (κ2) is 2.76. The van der Waals surface area contributed by atoms with Crippen LogP contribution in [0.15, 0.2) is 6.20 Å². The number of carbonyl (C=O) groups is 1. The Balaban J connectivity index is 2.88. The topological polar surface area (TPSA) is 80.9 Å². The summed E-state index contributed by atoms with van der Waals surface area (Å²) in [6.07, 6.45) is 1.46. The lowest BCUT2D eigenvalue weighted by Gasteiger charge is -1.98. The largest absolute Gasteiger partial charge is 0.476 e. The Bertz CT molecular complexity index is 517. The highest BCUT2D eigenvalue weighted by molar-refractivity contribution is 5.99. The molecule has 0 amide bonds. The summed E-state index contributed by atoms with van der Waals surface area (Å²) in [6, 6.07) is 0. The fraction of sp³-hybridized carbons (Fsp3) is 0.250. The molecule has 2 aromatic rings. The second-order valence-corrected chi connectivity index (χ2v) is 2.93. The van der Waals surface area contributed by atoms with Crippen molar-refractivity contribution in [2.24, 2.45) is 7.05 Å². The number of fused-ring (bicyclic) bond motifs is 1. The summed E-state index contributed by atoms with van der Waals surface area (Å²) in [7, 11) is 1.71. The van der Waals surface area contributed by atoms with Gasteiger partial charge in [-0.15, -0.1) is 0 Å². The fourth-order valence-corrected chi connectivity index (χ4v) is 1.29. The van der Waals surface area contributed by atoms with Gasteiger partial charge in [-0.25, -0.2) is 14.8 Å². The smallest absolute Gasteiger partial charge is 0.355 e. The van der Waals surface area contributed by atoms with E-state index in [0.29, 0.717) is 16.9 Å². The summed E-state index contributed by atoms with van der Waals surface area (Å²) >= 11 is 0. The van der Waals surface area contributed by atoms with Crippen LogP contribution in [0.2, 0.25) is 0 Å². The Kier molecular flexibility index (Phi) is 1.70. The molecule has 0 atom stereocenters. The number of hydrogen-bond acceptors (Lipinski definition) is 4. The molecule has 2 heterocycles. The first kappa shape index (κ1) is 8.61. The molecule has 0 fully saturated rings. The van der Waals surface area contributed by atoms with E-state index < -0.39 is 5.97 Å². The third-order valence-corrected chi connectivity index (χ3v) is 1.91. The van der Waals surface area contributed by atoms with Crippen LogP contribution in [-0.2, 0) is 7.05 Å². The molecule has 14 heavy (non-hydrogen) atoms. The van der Waals surface area contributed by atoms with Crippen LogP contribution in [-0.4, -0.2) is 30.8 Å². The van der Waals surface area contributed by atoms with Crippen LogP contribution < -0.4 is 0 Å². The maximum absolute atomic E-state index is 10.8. The molecule has 6 heteroatoms. The van der Waals surface area contributed by atoms with Crippen molar-refractivity contribution in [1.82, 2.24) is 19.7 Å². The highest BCUT2D eigenvalue weighted by atomic mass is 16.4. The fourth-order valence-electron chi connectivity index (χ4n) is 1.29. The number of hydrogen-bond donors (Lipinski definition) is 1. The predicted octanol–water partition coefficient (Wildman–Crippen LogP) is 0.370. The molecule has 0 aliphatic carbocycles. The number of aromatic carboxylic acids is 1. The van der Waals surface area contributed by atoms with E-state index in [9.17, 15) is 4.79 Å². The van der Waals surface area contributed by atoms with Crippen molar-refractivity contribution >= 4 is 17.0 Å². The molecule has 0 bridgehead atoms. The average Bonchev–Trinajstić information content (AvgIpc) is 2.47. The van der Waals surface area contributed by atoms with E-state index in [2.05, 4.69) is 15.1 Å².